The highest BCUT2D eigenvalue weighted by atomic mass is 19.1. The van der Waals surface area contributed by atoms with Crippen LogP contribution in [0.1, 0.15) is 34.6 Å². The van der Waals surface area contributed by atoms with Crippen molar-refractivity contribution < 1.29 is 9.18 Å². The second-order valence-electron chi connectivity index (χ2n) is 8.73. The van der Waals surface area contributed by atoms with E-state index in [9.17, 15) is 9.18 Å². The zero-order valence-corrected chi connectivity index (χ0v) is 18.0. The van der Waals surface area contributed by atoms with Crippen molar-refractivity contribution in [2.45, 2.75) is 25.3 Å². The van der Waals surface area contributed by atoms with E-state index < -0.39 is 0 Å². The first kappa shape index (κ1) is 19.0. The summed E-state index contributed by atoms with van der Waals surface area (Å²) in [5.41, 5.74) is 6.64. The minimum absolute atomic E-state index is 0.0413. The molecule has 0 radical (unpaired) electrons. The quantitative estimate of drug-likeness (QED) is 0.413. The largest absolute Gasteiger partial charge is 0.331 e. The van der Waals surface area contributed by atoms with Crippen molar-refractivity contribution in [1.82, 2.24) is 14.5 Å². The summed E-state index contributed by atoms with van der Waals surface area (Å²) in [4.78, 5) is 19.8. The summed E-state index contributed by atoms with van der Waals surface area (Å²) < 4.78 is 16.5. The third kappa shape index (κ3) is 2.60. The molecule has 5 heteroatoms. The molecule has 32 heavy (non-hydrogen) atoms. The maximum Gasteiger partial charge on any atom is 0.271 e. The van der Waals surface area contributed by atoms with Gasteiger partial charge in [0.15, 0.2) is 0 Å². The highest BCUT2D eigenvalue weighted by Crippen LogP contribution is 2.54. The van der Waals surface area contributed by atoms with E-state index in [1.807, 2.05) is 47.8 Å². The maximum absolute atomic E-state index is 14.5. The van der Waals surface area contributed by atoms with Crippen molar-refractivity contribution in [3.8, 4) is 27.9 Å². The lowest BCUT2D eigenvalue weighted by atomic mass is 9.96. The standard InChI is InChI=1S/C27H22FN3O/c1-17-20(7-5-13-29-17)18-9-10-22-24(14-18)31-16-19(21-6-3-4-8-23(21)28)15-25(31)26(32)30(2)27(22)11-12-27/h3-10,13-16H,11-12H2,1-2H3. The summed E-state index contributed by atoms with van der Waals surface area (Å²) >= 11 is 0. The molecular weight excluding hydrogens is 401 g/mol. The Labute approximate surface area is 186 Å². The van der Waals surface area contributed by atoms with Gasteiger partial charge in [-0.2, -0.15) is 0 Å². The molecule has 0 unspecified atom stereocenters. The summed E-state index contributed by atoms with van der Waals surface area (Å²) in [6, 6.07) is 18.9. The van der Waals surface area contributed by atoms with Crippen molar-refractivity contribution in [2.75, 3.05) is 7.05 Å². The van der Waals surface area contributed by atoms with E-state index in [-0.39, 0.29) is 17.3 Å². The molecule has 1 amide bonds. The number of carbonyl (C=O) groups is 1. The van der Waals surface area contributed by atoms with Gasteiger partial charge in [-0.25, -0.2) is 4.39 Å². The van der Waals surface area contributed by atoms with Gasteiger partial charge in [-0.05, 0) is 49.6 Å². The summed E-state index contributed by atoms with van der Waals surface area (Å²) in [6.07, 6.45) is 5.57. The van der Waals surface area contributed by atoms with E-state index in [1.54, 1.807) is 18.3 Å². The van der Waals surface area contributed by atoms with Gasteiger partial charge in [0.1, 0.15) is 11.5 Å². The van der Waals surface area contributed by atoms with Crippen LogP contribution in [0.4, 0.5) is 4.39 Å². The molecule has 1 aliphatic heterocycles. The molecule has 1 saturated carbocycles. The number of amides is 1. The second-order valence-corrected chi connectivity index (χ2v) is 8.73. The zero-order valence-electron chi connectivity index (χ0n) is 18.0. The van der Waals surface area contributed by atoms with Crippen LogP contribution in [0.5, 0.6) is 0 Å². The lowest BCUT2D eigenvalue weighted by molar-refractivity contribution is 0.0705. The van der Waals surface area contributed by atoms with Crippen LogP contribution in [0, 0.1) is 12.7 Å². The molecule has 2 aromatic heterocycles. The Morgan fingerprint density at radius 1 is 0.969 bits per heavy atom. The zero-order chi connectivity index (χ0) is 22.0. The van der Waals surface area contributed by atoms with Gasteiger partial charge in [0, 0.05) is 47.4 Å². The minimum atomic E-state index is -0.298. The number of rotatable bonds is 2. The number of benzene rings is 2. The predicted molar refractivity (Wildman–Crippen MR) is 122 cm³/mol. The molecule has 1 spiro atoms. The summed E-state index contributed by atoms with van der Waals surface area (Å²) in [6.45, 7) is 2.00. The van der Waals surface area contributed by atoms with Crippen molar-refractivity contribution in [2.24, 2.45) is 0 Å². The maximum atomic E-state index is 14.5. The fraction of sp³-hybridized carbons (Fsp3) is 0.185. The van der Waals surface area contributed by atoms with Gasteiger partial charge in [0.05, 0.1) is 11.2 Å². The van der Waals surface area contributed by atoms with Gasteiger partial charge in [-0.1, -0.05) is 36.4 Å². The molecule has 1 fully saturated rings. The van der Waals surface area contributed by atoms with Crippen LogP contribution in [0.2, 0.25) is 0 Å². The van der Waals surface area contributed by atoms with Gasteiger partial charge in [-0.3, -0.25) is 9.78 Å². The van der Waals surface area contributed by atoms with E-state index in [2.05, 4.69) is 29.2 Å². The number of hydrogen-bond acceptors (Lipinski definition) is 2. The van der Waals surface area contributed by atoms with Gasteiger partial charge in [0.25, 0.3) is 5.91 Å². The first-order chi connectivity index (χ1) is 15.5. The van der Waals surface area contributed by atoms with Gasteiger partial charge >= 0.3 is 0 Å². The third-order valence-corrected chi connectivity index (χ3v) is 6.97. The molecule has 0 saturated heterocycles. The van der Waals surface area contributed by atoms with Crippen LogP contribution in [-0.2, 0) is 5.54 Å². The topological polar surface area (TPSA) is 38.1 Å². The summed E-state index contributed by atoms with van der Waals surface area (Å²) in [5.74, 6) is -0.340. The van der Waals surface area contributed by atoms with Crippen molar-refractivity contribution in [3.63, 3.8) is 0 Å². The van der Waals surface area contributed by atoms with E-state index >= 15 is 0 Å². The number of carbonyl (C=O) groups excluding carboxylic acids is 1. The molecule has 6 rings (SSSR count). The average molecular weight is 423 g/mol. The number of nitrogens with zero attached hydrogens (tertiary/aromatic N) is 3. The Bertz CT molecular complexity index is 1400. The van der Waals surface area contributed by atoms with Gasteiger partial charge in [0.2, 0.25) is 0 Å². The fourth-order valence-corrected chi connectivity index (χ4v) is 5.02. The number of halogens is 1. The van der Waals surface area contributed by atoms with Crippen LogP contribution < -0.4 is 0 Å². The first-order valence-electron chi connectivity index (χ1n) is 10.8. The molecule has 4 aromatic rings. The highest BCUT2D eigenvalue weighted by molar-refractivity contribution is 5.97. The Balaban J connectivity index is 1.61. The predicted octanol–water partition coefficient (Wildman–Crippen LogP) is 5.73. The van der Waals surface area contributed by atoms with Crippen LogP contribution in [0.3, 0.4) is 0 Å². The van der Waals surface area contributed by atoms with E-state index in [0.29, 0.717) is 16.8 Å². The van der Waals surface area contributed by atoms with Crippen molar-refractivity contribution >= 4 is 5.91 Å². The van der Waals surface area contributed by atoms with Gasteiger partial charge in [-0.15, -0.1) is 0 Å². The molecule has 4 nitrogen and oxygen atoms in total. The number of fused-ring (bicyclic) bond motifs is 4. The Morgan fingerprint density at radius 3 is 2.50 bits per heavy atom. The molecule has 3 heterocycles. The third-order valence-electron chi connectivity index (χ3n) is 6.97. The molecule has 2 aromatic carbocycles. The lowest BCUT2D eigenvalue weighted by Crippen LogP contribution is -2.36. The number of pyridine rings is 1. The first-order valence-corrected chi connectivity index (χ1v) is 10.8. The second kappa shape index (κ2) is 6.63. The summed E-state index contributed by atoms with van der Waals surface area (Å²) in [5, 5.41) is 0. The molecule has 0 atom stereocenters. The number of aryl methyl sites for hydroxylation is 1. The van der Waals surface area contributed by atoms with E-state index in [1.165, 1.54) is 6.07 Å². The van der Waals surface area contributed by atoms with Gasteiger partial charge < -0.3 is 9.47 Å². The monoisotopic (exact) mass is 423 g/mol. The molecule has 0 N–H and O–H groups in total. The normalized spacial score (nSPS) is 16.0. The molecule has 0 bridgehead atoms. The molecule has 1 aliphatic carbocycles. The SMILES string of the molecule is Cc1ncccc1-c1ccc2c(c1)-n1cc(-c3ccccc3F)cc1C(=O)N(C)C21CC1. The minimum Gasteiger partial charge on any atom is -0.331 e. The van der Waals surface area contributed by atoms with Crippen LogP contribution >= 0.6 is 0 Å². The van der Waals surface area contributed by atoms with E-state index in [0.717, 1.165) is 40.9 Å². The Kier molecular flexibility index (Phi) is 3.94. The van der Waals surface area contributed by atoms with Crippen LogP contribution in [-0.4, -0.2) is 27.4 Å². The average Bonchev–Trinajstić information content (AvgIpc) is 3.51. The Hall–Kier alpha value is -3.73. The smallest absolute Gasteiger partial charge is 0.271 e. The van der Waals surface area contributed by atoms with Crippen molar-refractivity contribution in [3.05, 3.63) is 95.8 Å². The van der Waals surface area contributed by atoms with E-state index in [4.69, 9.17) is 0 Å². The molecular formula is C27H22FN3O. The molecule has 2 aliphatic rings. The Morgan fingerprint density at radius 2 is 1.75 bits per heavy atom. The highest BCUT2D eigenvalue weighted by Gasteiger charge is 2.53. The number of hydrogen-bond donors (Lipinski definition) is 0. The number of aromatic nitrogens is 2. The van der Waals surface area contributed by atoms with Crippen molar-refractivity contribution in [1.29, 1.82) is 0 Å². The lowest BCUT2D eigenvalue weighted by Gasteiger charge is -2.27. The van der Waals surface area contributed by atoms with Crippen LogP contribution in [0.25, 0.3) is 27.9 Å². The summed E-state index contributed by atoms with van der Waals surface area (Å²) in [7, 11) is 1.88. The van der Waals surface area contributed by atoms with Crippen LogP contribution in [0.15, 0.2) is 73.1 Å². The fourth-order valence-electron chi connectivity index (χ4n) is 5.02. The molecule has 158 valence electrons.